The Morgan fingerprint density at radius 3 is 2.29 bits per heavy atom. The second-order valence-corrected chi connectivity index (χ2v) is 6.03. The largest absolute Gasteiger partial charge is 0.349 e. The van der Waals surface area contributed by atoms with Crippen molar-refractivity contribution in [2.24, 2.45) is 0 Å². The molecular weight excluding hydrogens is 387 g/mol. The third-order valence-corrected chi connectivity index (χ3v) is 3.78. The summed E-state index contributed by atoms with van der Waals surface area (Å²) in [6.07, 6.45) is 0.106. The van der Waals surface area contributed by atoms with Crippen LogP contribution < -0.4 is 5.32 Å². The molecule has 21 heavy (non-hydrogen) atoms. The first kappa shape index (κ1) is 15.9. The van der Waals surface area contributed by atoms with Crippen molar-refractivity contribution in [3.05, 3.63) is 68.8 Å². The molecule has 1 N–H and O–H groups in total. The van der Waals surface area contributed by atoms with Crippen molar-refractivity contribution in [1.29, 1.82) is 0 Å². The highest BCUT2D eigenvalue weighted by Gasteiger charge is 2.15. The van der Waals surface area contributed by atoms with Crippen molar-refractivity contribution in [1.82, 2.24) is 5.32 Å². The second-order valence-electron chi connectivity index (χ2n) is 4.79. The minimum absolute atomic E-state index is 0.00656. The Kier molecular flexibility index (Phi) is 5.27. The molecule has 0 saturated carbocycles. The van der Waals surface area contributed by atoms with E-state index in [9.17, 15) is 13.6 Å². The first-order valence-electron chi connectivity index (χ1n) is 6.46. The van der Waals surface area contributed by atoms with Gasteiger partial charge in [0.05, 0.1) is 0 Å². The van der Waals surface area contributed by atoms with Crippen LogP contribution in [0.4, 0.5) is 8.78 Å². The maximum absolute atomic E-state index is 13.6. The van der Waals surface area contributed by atoms with E-state index in [2.05, 4.69) is 27.9 Å². The van der Waals surface area contributed by atoms with E-state index in [1.807, 2.05) is 12.1 Å². The third kappa shape index (κ3) is 4.23. The van der Waals surface area contributed by atoms with Crippen molar-refractivity contribution in [3.8, 4) is 0 Å². The minimum Gasteiger partial charge on any atom is -0.349 e. The lowest BCUT2D eigenvalue weighted by molar-refractivity contribution is 0.0939. The number of hydrogen-bond donors (Lipinski definition) is 1. The van der Waals surface area contributed by atoms with Crippen molar-refractivity contribution >= 4 is 28.5 Å². The van der Waals surface area contributed by atoms with E-state index in [-0.39, 0.29) is 23.9 Å². The highest BCUT2D eigenvalue weighted by Crippen LogP contribution is 2.14. The first-order chi connectivity index (χ1) is 9.97. The van der Waals surface area contributed by atoms with Crippen LogP contribution in [0.15, 0.2) is 42.5 Å². The minimum atomic E-state index is -0.592. The van der Waals surface area contributed by atoms with Crippen LogP contribution in [0.1, 0.15) is 22.8 Å². The predicted octanol–water partition coefficient (Wildman–Crippen LogP) is 3.93. The van der Waals surface area contributed by atoms with Gasteiger partial charge in [-0.2, -0.15) is 0 Å². The first-order valence-corrected chi connectivity index (χ1v) is 7.54. The number of carbonyl (C=O) groups is 1. The topological polar surface area (TPSA) is 29.1 Å². The molecule has 0 spiro atoms. The summed E-state index contributed by atoms with van der Waals surface area (Å²) in [7, 11) is 0. The van der Waals surface area contributed by atoms with Crippen LogP contribution in [-0.2, 0) is 6.42 Å². The van der Waals surface area contributed by atoms with Crippen LogP contribution in [0.5, 0.6) is 0 Å². The SMILES string of the molecule is CC(Cc1c(F)cccc1F)NC(=O)c1ccc(I)cc1. The van der Waals surface area contributed by atoms with Crippen LogP contribution in [0.25, 0.3) is 0 Å². The van der Waals surface area contributed by atoms with Gasteiger partial charge in [0.25, 0.3) is 5.91 Å². The number of hydrogen-bond acceptors (Lipinski definition) is 1. The molecule has 110 valence electrons. The van der Waals surface area contributed by atoms with Crippen molar-refractivity contribution in [3.63, 3.8) is 0 Å². The molecule has 0 heterocycles. The maximum Gasteiger partial charge on any atom is 0.251 e. The Bertz CT molecular complexity index is 623. The maximum atomic E-state index is 13.6. The van der Waals surface area contributed by atoms with Gasteiger partial charge < -0.3 is 5.32 Å². The summed E-state index contributed by atoms with van der Waals surface area (Å²) in [5.41, 5.74) is 0.518. The molecule has 0 radical (unpaired) electrons. The monoisotopic (exact) mass is 401 g/mol. The molecule has 0 aliphatic rings. The number of amides is 1. The van der Waals surface area contributed by atoms with Gasteiger partial charge in [-0.1, -0.05) is 6.07 Å². The lowest BCUT2D eigenvalue weighted by Gasteiger charge is -2.15. The van der Waals surface area contributed by atoms with E-state index < -0.39 is 11.6 Å². The normalized spacial score (nSPS) is 12.0. The fraction of sp³-hybridized carbons (Fsp3) is 0.188. The Morgan fingerprint density at radius 2 is 1.71 bits per heavy atom. The summed E-state index contributed by atoms with van der Waals surface area (Å²) in [5.74, 6) is -1.44. The summed E-state index contributed by atoms with van der Waals surface area (Å²) < 4.78 is 28.2. The number of halogens is 3. The Morgan fingerprint density at radius 1 is 1.14 bits per heavy atom. The fourth-order valence-corrected chi connectivity index (χ4v) is 2.35. The van der Waals surface area contributed by atoms with Crippen LogP contribution in [0, 0.1) is 15.2 Å². The average molecular weight is 401 g/mol. The van der Waals surface area contributed by atoms with Gasteiger partial charge in [-0.05, 0) is 72.3 Å². The fourth-order valence-electron chi connectivity index (χ4n) is 1.99. The summed E-state index contributed by atoms with van der Waals surface area (Å²) in [6.45, 7) is 1.72. The molecule has 2 aromatic rings. The molecule has 0 aliphatic heterocycles. The van der Waals surface area contributed by atoms with E-state index >= 15 is 0 Å². The average Bonchev–Trinajstić information content (AvgIpc) is 2.43. The molecule has 5 heteroatoms. The number of benzene rings is 2. The highest BCUT2D eigenvalue weighted by molar-refractivity contribution is 14.1. The summed E-state index contributed by atoms with van der Waals surface area (Å²) >= 11 is 2.15. The van der Waals surface area contributed by atoms with Crippen molar-refractivity contribution in [2.75, 3.05) is 0 Å². The number of nitrogens with one attached hydrogen (secondary N) is 1. The van der Waals surface area contributed by atoms with Crippen molar-refractivity contribution < 1.29 is 13.6 Å². The van der Waals surface area contributed by atoms with Gasteiger partial charge in [0.2, 0.25) is 0 Å². The molecule has 2 nitrogen and oxygen atoms in total. The summed E-state index contributed by atoms with van der Waals surface area (Å²) in [4.78, 5) is 12.0. The van der Waals surface area contributed by atoms with Gasteiger partial charge in [0.1, 0.15) is 11.6 Å². The summed E-state index contributed by atoms with van der Waals surface area (Å²) in [5, 5.41) is 2.74. The quantitative estimate of drug-likeness (QED) is 0.774. The second kappa shape index (κ2) is 6.98. The van der Waals surface area contributed by atoms with E-state index in [4.69, 9.17) is 0 Å². The smallest absolute Gasteiger partial charge is 0.251 e. The van der Waals surface area contributed by atoms with Crippen LogP contribution in [0.2, 0.25) is 0 Å². The van der Waals surface area contributed by atoms with Crippen LogP contribution >= 0.6 is 22.6 Å². The zero-order valence-electron chi connectivity index (χ0n) is 11.4. The zero-order valence-corrected chi connectivity index (χ0v) is 13.5. The molecule has 0 aliphatic carbocycles. The summed E-state index contributed by atoms with van der Waals surface area (Å²) in [6, 6.07) is 10.5. The Labute approximate surface area is 135 Å². The molecule has 2 rings (SSSR count). The predicted molar refractivity (Wildman–Crippen MR) is 86.1 cm³/mol. The van der Waals surface area contributed by atoms with Gasteiger partial charge >= 0.3 is 0 Å². The zero-order chi connectivity index (χ0) is 15.4. The number of rotatable bonds is 4. The molecule has 0 bridgehead atoms. The van der Waals surface area contributed by atoms with E-state index in [1.165, 1.54) is 18.2 Å². The highest BCUT2D eigenvalue weighted by atomic mass is 127. The lowest BCUT2D eigenvalue weighted by Crippen LogP contribution is -2.34. The molecule has 1 amide bonds. The third-order valence-electron chi connectivity index (χ3n) is 3.06. The van der Waals surface area contributed by atoms with Crippen LogP contribution in [-0.4, -0.2) is 11.9 Å². The molecule has 1 unspecified atom stereocenters. The van der Waals surface area contributed by atoms with Gasteiger partial charge in [-0.3, -0.25) is 4.79 Å². The Hall–Kier alpha value is -1.50. The number of carbonyl (C=O) groups excluding carboxylic acids is 1. The lowest BCUT2D eigenvalue weighted by atomic mass is 10.1. The molecular formula is C16H14F2INO. The van der Waals surface area contributed by atoms with Gasteiger partial charge in [-0.25, -0.2) is 8.78 Å². The van der Waals surface area contributed by atoms with Gasteiger partial charge in [0, 0.05) is 20.7 Å². The molecule has 0 saturated heterocycles. The van der Waals surface area contributed by atoms with E-state index in [1.54, 1.807) is 19.1 Å². The van der Waals surface area contributed by atoms with Crippen LogP contribution in [0.3, 0.4) is 0 Å². The standard InChI is InChI=1S/C16H14F2INO/c1-10(9-13-14(17)3-2-4-15(13)18)20-16(21)11-5-7-12(19)8-6-11/h2-8,10H,9H2,1H3,(H,20,21). The van der Waals surface area contributed by atoms with Gasteiger partial charge in [0.15, 0.2) is 0 Å². The molecule has 1 atom stereocenters. The molecule has 0 aromatic heterocycles. The van der Waals surface area contributed by atoms with Crippen molar-refractivity contribution in [2.45, 2.75) is 19.4 Å². The van der Waals surface area contributed by atoms with E-state index in [0.29, 0.717) is 5.56 Å². The molecule has 0 fully saturated rings. The van der Waals surface area contributed by atoms with Gasteiger partial charge in [-0.15, -0.1) is 0 Å². The van der Waals surface area contributed by atoms with E-state index in [0.717, 1.165) is 3.57 Å². The molecule has 2 aromatic carbocycles. The Balaban J connectivity index is 2.03.